The van der Waals surface area contributed by atoms with E-state index in [1.54, 1.807) is 18.2 Å². The minimum absolute atomic E-state index is 0. The third kappa shape index (κ3) is 4.71. The second-order valence-electron chi connectivity index (χ2n) is 5.64. The third-order valence-corrected chi connectivity index (χ3v) is 4.84. The number of nitro groups is 1. The molecule has 0 radical (unpaired) electrons. The number of fused-ring (bicyclic) bond motifs is 1. The molecule has 0 aliphatic rings. The molecule has 0 bridgehead atoms. The molecule has 0 aliphatic heterocycles. The van der Waals surface area contributed by atoms with Gasteiger partial charge in [0, 0.05) is 16.8 Å². The molecule has 29 heavy (non-hydrogen) atoms. The summed E-state index contributed by atoms with van der Waals surface area (Å²) in [5, 5.41) is 19.4. The number of anilines is 1. The largest absolute Gasteiger partial charge is 1.00 e. The molecule has 3 aromatic rings. The molecule has 0 amide bonds. The Morgan fingerprint density at radius 2 is 1.72 bits per heavy atom. The van der Waals surface area contributed by atoms with Gasteiger partial charge >= 0.3 is 29.6 Å². The van der Waals surface area contributed by atoms with Gasteiger partial charge in [0.05, 0.1) is 23.8 Å². The predicted octanol–water partition coefficient (Wildman–Crippen LogP) is 1.12. The Morgan fingerprint density at radius 3 is 2.31 bits per heavy atom. The second-order valence-corrected chi connectivity index (χ2v) is 7.03. The monoisotopic (exact) mass is 426 g/mol. The van der Waals surface area contributed by atoms with Gasteiger partial charge in [-0.15, -0.1) is 10.2 Å². The molecule has 0 saturated carbocycles. The second kappa shape index (κ2) is 8.84. The maximum absolute atomic E-state index is 11.7. The standard InChI is InChI=1S/C17H14N4O6S.Na.H/c1-27-15-8-10(21(22)23)6-7-13(15)19-20-14-9-16(28(24,25)26)11-4-2-3-5-12(11)17(14)18;;/h2-9H,18H2,1H3,(H,24,25,26);;/q;+1;-1. The first kappa shape index (κ1) is 22.7. The predicted molar refractivity (Wildman–Crippen MR) is 103 cm³/mol. The quantitative estimate of drug-likeness (QED) is 0.154. The molecule has 0 spiro atoms. The average molecular weight is 426 g/mol. The number of nitro benzene ring substituents is 1. The van der Waals surface area contributed by atoms with Crippen LogP contribution in [0.1, 0.15) is 1.43 Å². The Kier molecular flexibility index (Phi) is 6.93. The van der Waals surface area contributed by atoms with Gasteiger partial charge in [0.15, 0.2) is 5.75 Å². The van der Waals surface area contributed by atoms with Crippen molar-refractivity contribution < 1.29 is 53.6 Å². The Balaban J connectivity index is 0.00000225. The van der Waals surface area contributed by atoms with Crippen LogP contribution in [0.4, 0.5) is 22.7 Å². The number of nitrogens with two attached hydrogens (primary N) is 1. The van der Waals surface area contributed by atoms with Crippen LogP contribution < -0.4 is 40.0 Å². The summed E-state index contributed by atoms with van der Waals surface area (Å²) < 4.78 is 38.1. The summed E-state index contributed by atoms with van der Waals surface area (Å²) in [5.74, 6) is 0.104. The maximum atomic E-state index is 11.7. The fraction of sp³-hybridized carbons (Fsp3) is 0.0588. The van der Waals surface area contributed by atoms with Crippen molar-refractivity contribution in [1.82, 2.24) is 0 Å². The van der Waals surface area contributed by atoms with E-state index in [4.69, 9.17) is 10.5 Å². The Labute approximate surface area is 189 Å². The molecule has 0 unspecified atom stereocenters. The zero-order valence-electron chi connectivity index (χ0n) is 16.4. The van der Waals surface area contributed by atoms with E-state index in [-0.39, 0.29) is 69.8 Å². The summed E-state index contributed by atoms with van der Waals surface area (Å²) in [6.07, 6.45) is 0. The van der Waals surface area contributed by atoms with Crippen LogP contribution in [0.2, 0.25) is 0 Å². The fourth-order valence-electron chi connectivity index (χ4n) is 2.62. The van der Waals surface area contributed by atoms with Crippen LogP contribution in [0.5, 0.6) is 5.75 Å². The molecule has 0 aromatic heterocycles. The minimum atomic E-state index is -4.54. The van der Waals surface area contributed by atoms with E-state index < -0.39 is 15.0 Å². The van der Waals surface area contributed by atoms with Crippen molar-refractivity contribution >= 4 is 43.6 Å². The van der Waals surface area contributed by atoms with Crippen molar-refractivity contribution in [3.63, 3.8) is 0 Å². The zero-order chi connectivity index (χ0) is 20.5. The molecule has 0 fully saturated rings. The van der Waals surface area contributed by atoms with E-state index in [2.05, 4.69) is 10.2 Å². The fourth-order valence-corrected chi connectivity index (χ4v) is 3.33. The zero-order valence-corrected chi connectivity index (χ0v) is 18.3. The van der Waals surface area contributed by atoms with Crippen molar-refractivity contribution in [2.75, 3.05) is 12.8 Å². The van der Waals surface area contributed by atoms with Gasteiger partial charge in [0.2, 0.25) is 0 Å². The molecule has 0 heterocycles. The molecule has 12 heteroatoms. The molecule has 146 valence electrons. The number of azo groups is 1. The van der Waals surface area contributed by atoms with E-state index in [9.17, 15) is 23.1 Å². The smallest absolute Gasteiger partial charge is 1.00 e. The summed E-state index contributed by atoms with van der Waals surface area (Å²) in [6.45, 7) is 0. The van der Waals surface area contributed by atoms with E-state index in [1.165, 1.54) is 31.4 Å². The molecule has 0 saturated heterocycles. The van der Waals surface area contributed by atoms with Gasteiger partial charge < -0.3 is 11.9 Å². The molecule has 3 rings (SSSR count). The van der Waals surface area contributed by atoms with E-state index in [1.807, 2.05) is 0 Å². The normalized spacial score (nSPS) is 11.4. The first-order valence-electron chi connectivity index (χ1n) is 7.75. The van der Waals surface area contributed by atoms with Crippen LogP contribution in [0, 0.1) is 10.1 Å². The van der Waals surface area contributed by atoms with E-state index >= 15 is 0 Å². The minimum Gasteiger partial charge on any atom is -1.00 e. The van der Waals surface area contributed by atoms with Crippen molar-refractivity contribution in [2.45, 2.75) is 4.90 Å². The number of ether oxygens (including phenoxy) is 1. The van der Waals surface area contributed by atoms with E-state index in [0.29, 0.717) is 5.39 Å². The number of hydrogen-bond donors (Lipinski definition) is 2. The number of nitrogens with zero attached hydrogens (tertiary/aromatic N) is 3. The van der Waals surface area contributed by atoms with Crippen LogP contribution >= 0.6 is 0 Å². The third-order valence-electron chi connectivity index (χ3n) is 3.94. The van der Waals surface area contributed by atoms with Crippen LogP contribution in [0.3, 0.4) is 0 Å². The van der Waals surface area contributed by atoms with Crippen LogP contribution in [0.15, 0.2) is 63.7 Å². The molecule has 0 atom stereocenters. The molecule has 3 N–H and O–H groups in total. The summed E-state index contributed by atoms with van der Waals surface area (Å²) >= 11 is 0. The number of hydrogen-bond acceptors (Lipinski definition) is 8. The van der Waals surface area contributed by atoms with Gasteiger partial charge in [0.1, 0.15) is 16.3 Å². The van der Waals surface area contributed by atoms with Gasteiger partial charge in [0.25, 0.3) is 15.8 Å². The summed E-state index contributed by atoms with van der Waals surface area (Å²) in [6, 6.07) is 11.2. The molecular weight excluding hydrogens is 411 g/mol. The van der Waals surface area contributed by atoms with Crippen LogP contribution in [0.25, 0.3) is 10.8 Å². The van der Waals surface area contributed by atoms with Gasteiger partial charge in [-0.2, -0.15) is 8.42 Å². The number of non-ortho nitro benzene ring substituents is 1. The number of benzene rings is 3. The molecule has 10 nitrogen and oxygen atoms in total. The van der Waals surface area contributed by atoms with Gasteiger partial charge in [-0.3, -0.25) is 14.7 Å². The van der Waals surface area contributed by atoms with Gasteiger partial charge in [-0.05, 0) is 12.1 Å². The van der Waals surface area contributed by atoms with Crippen molar-refractivity contribution in [2.24, 2.45) is 10.2 Å². The van der Waals surface area contributed by atoms with Crippen molar-refractivity contribution in [3.8, 4) is 5.75 Å². The summed E-state index contributed by atoms with van der Waals surface area (Å²) in [5.41, 5.74) is 6.23. The summed E-state index contributed by atoms with van der Waals surface area (Å²) in [4.78, 5) is 9.92. The maximum Gasteiger partial charge on any atom is 1.00 e. The van der Waals surface area contributed by atoms with Crippen molar-refractivity contribution in [1.29, 1.82) is 0 Å². The molecule has 3 aromatic carbocycles. The Bertz CT molecular complexity index is 1240. The Hall–Kier alpha value is -2.57. The van der Waals surface area contributed by atoms with Gasteiger partial charge in [-0.25, -0.2) is 0 Å². The number of nitrogen functional groups attached to an aromatic ring is 1. The van der Waals surface area contributed by atoms with Crippen molar-refractivity contribution in [3.05, 3.63) is 58.6 Å². The van der Waals surface area contributed by atoms with Gasteiger partial charge in [-0.1, -0.05) is 24.3 Å². The Morgan fingerprint density at radius 1 is 1.10 bits per heavy atom. The SMILES string of the molecule is COc1cc([N+](=O)[O-])ccc1N=Nc1cc(S(=O)(=O)O)c2ccccc2c1N.[H-].[Na+]. The molecular formula is C17H15N4NaO6S. The first-order valence-corrected chi connectivity index (χ1v) is 9.19. The number of rotatable bonds is 5. The first-order chi connectivity index (χ1) is 13.2. The molecule has 0 aliphatic carbocycles. The summed E-state index contributed by atoms with van der Waals surface area (Å²) in [7, 11) is -3.22. The average Bonchev–Trinajstić information content (AvgIpc) is 2.66. The van der Waals surface area contributed by atoms with Crippen LogP contribution in [-0.2, 0) is 10.1 Å². The van der Waals surface area contributed by atoms with Crippen LogP contribution in [-0.4, -0.2) is 25.0 Å². The topological polar surface area (TPSA) is 157 Å². The van der Waals surface area contributed by atoms with E-state index in [0.717, 1.165) is 6.07 Å². The number of methoxy groups -OCH3 is 1.